The number of aryl methyl sites for hydroxylation is 1. The molecule has 0 N–H and O–H groups in total. The number of benzene rings is 3. The van der Waals surface area contributed by atoms with Crippen LogP contribution < -0.4 is 0 Å². The first-order valence-corrected chi connectivity index (χ1v) is 13.1. The molecule has 0 atom stereocenters. The molecule has 0 spiro atoms. The maximum Gasteiger partial charge on any atom is 0.0496 e. The van der Waals surface area contributed by atoms with E-state index in [0.717, 1.165) is 48.7 Å². The van der Waals surface area contributed by atoms with Crippen molar-refractivity contribution in [1.82, 2.24) is 4.90 Å². The van der Waals surface area contributed by atoms with Crippen molar-refractivity contribution in [2.75, 3.05) is 19.6 Å². The molecule has 0 amide bonds. The molecule has 0 unspecified atom stereocenters. The molecule has 0 radical (unpaired) electrons. The van der Waals surface area contributed by atoms with Gasteiger partial charge in [-0.15, -0.1) is 0 Å². The number of nitrogens with zero attached hydrogens (tertiary/aromatic N) is 1. The van der Waals surface area contributed by atoms with E-state index in [1.165, 1.54) is 46.5 Å². The highest BCUT2D eigenvalue weighted by Crippen LogP contribution is 2.42. The van der Waals surface area contributed by atoms with Crippen LogP contribution in [-0.2, 0) is 12.8 Å². The van der Waals surface area contributed by atoms with Gasteiger partial charge in [0.15, 0.2) is 0 Å². The van der Waals surface area contributed by atoms with E-state index in [2.05, 4.69) is 78.6 Å². The Hall–Kier alpha value is -2.32. The van der Waals surface area contributed by atoms with Crippen LogP contribution in [0.1, 0.15) is 47.6 Å². The molecule has 1 fully saturated rings. The Morgan fingerprint density at radius 3 is 2.47 bits per heavy atom. The zero-order valence-electron chi connectivity index (χ0n) is 19.7. The van der Waals surface area contributed by atoms with Crippen LogP contribution in [0.4, 0.5) is 0 Å². The first-order chi connectivity index (χ1) is 16.6. The fraction of sp³-hybridized carbons (Fsp3) is 0.290. The zero-order valence-corrected chi connectivity index (χ0v) is 21.2. The summed E-state index contributed by atoms with van der Waals surface area (Å²) in [5.41, 5.74) is 9.15. The third-order valence-corrected chi connectivity index (χ3v) is 7.66. The summed E-state index contributed by atoms with van der Waals surface area (Å²) in [7, 11) is 0. The number of allylic oxidation sites excluding steroid dienone is 2. The minimum atomic E-state index is 0.676. The topological polar surface area (TPSA) is 3.24 Å². The van der Waals surface area contributed by atoms with E-state index >= 15 is 0 Å². The molecule has 2 aliphatic rings. The maximum absolute atomic E-state index is 6.72. The van der Waals surface area contributed by atoms with Crippen molar-refractivity contribution in [2.24, 2.45) is 5.92 Å². The molecule has 3 aromatic carbocycles. The summed E-state index contributed by atoms with van der Waals surface area (Å²) in [6, 6.07) is 24.0. The number of rotatable bonds is 6. The minimum absolute atomic E-state index is 0.676. The number of hydrogen-bond acceptors (Lipinski definition) is 1. The Morgan fingerprint density at radius 1 is 0.912 bits per heavy atom. The molecular weight excluding hydrogens is 457 g/mol. The summed E-state index contributed by atoms with van der Waals surface area (Å²) in [4.78, 5) is 2.51. The molecule has 1 nitrogen and oxygen atoms in total. The first kappa shape index (κ1) is 23.4. The third-order valence-electron chi connectivity index (χ3n) is 7.12. The van der Waals surface area contributed by atoms with Crippen molar-refractivity contribution in [2.45, 2.75) is 32.6 Å². The molecule has 174 valence electrons. The molecule has 0 bridgehead atoms. The molecule has 3 aromatic rings. The lowest BCUT2D eigenvalue weighted by molar-refractivity contribution is 0.116. The monoisotopic (exact) mass is 487 g/mol. The number of fused-ring (bicyclic) bond motifs is 1. The van der Waals surface area contributed by atoms with Crippen molar-refractivity contribution in [3.8, 4) is 0 Å². The standard InChI is InChI=1S/C31H31Cl2N/c1-2-3-17-34-20-23(21-34)18-22-11-13-25(14-12-22)31-27-9-5-4-7-24(27)8-6-10-29(31)28-16-15-26(32)19-30(28)33/h2-5,7,9,11-16,19,23H,6,8,10,17-18,20-21H2,1H3/b3-2+. The molecular formula is C31H31Cl2N. The first-order valence-electron chi connectivity index (χ1n) is 12.3. The van der Waals surface area contributed by atoms with Gasteiger partial charge in [0.1, 0.15) is 0 Å². The lowest BCUT2D eigenvalue weighted by atomic mass is 9.86. The molecule has 1 saturated heterocycles. The van der Waals surface area contributed by atoms with Crippen LogP contribution in [0.2, 0.25) is 10.0 Å². The highest BCUT2D eigenvalue weighted by molar-refractivity contribution is 6.36. The molecule has 5 rings (SSSR count). The second kappa shape index (κ2) is 10.5. The Labute approximate surface area is 213 Å². The van der Waals surface area contributed by atoms with E-state index in [1.54, 1.807) is 0 Å². The van der Waals surface area contributed by atoms with Crippen LogP contribution in [0.5, 0.6) is 0 Å². The van der Waals surface area contributed by atoms with E-state index in [9.17, 15) is 0 Å². The Morgan fingerprint density at radius 2 is 1.71 bits per heavy atom. The predicted molar refractivity (Wildman–Crippen MR) is 147 cm³/mol. The maximum atomic E-state index is 6.72. The quantitative estimate of drug-likeness (QED) is 0.315. The second-order valence-electron chi connectivity index (χ2n) is 9.54. The number of halogens is 2. The summed E-state index contributed by atoms with van der Waals surface area (Å²) in [5.74, 6) is 0.761. The van der Waals surface area contributed by atoms with Crippen molar-refractivity contribution >= 4 is 34.3 Å². The Kier molecular flexibility index (Phi) is 7.25. The number of hydrogen-bond donors (Lipinski definition) is 0. The highest BCUT2D eigenvalue weighted by Gasteiger charge is 2.26. The van der Waals surface area contributed by atoms with Crippen molar-refractivity contribution < 1.29 is 0 Å². The molecule has 3 heteroatoms. The lowest BCUT2D eigenvalue weighted by Gasteiger charge is -2.38. The van der Waals surface area contributed by atoms with E-state index in [4.69, 9.17) is 23.2 Å². The average Bonchev–Trinajstić information content (AvgIpc) is 3.00. The average molecular weight is 489 g/mol. The summed E-state index contributed by atoms with van der Waals surface area (Å²) in [6.45, 7) is 5.57. The van der Waals surface area contributed by atoms with Gasteiger partial charge >= 0.3 is 0 Å². The minimum Gasteiger partial charge on any atom is -0.299 e. The lowest BCUT2D eigenvalue weighted by Crippen LogP contribution is -2.47. The molecule has 1 heterocycles. The van der Waals surface area contributed by atoms with Crippen LogP contribution in [0, 0.1) is 5.92 Å². The van der Waals surface area contributed by atoms with Crippen LogP contribution in [-0.4, -0.2) is 24.5 Å². The van der Waals surface area contributed by atoms with Gasteiger partial charge < -0.3 is 0 Å². The predicted octanol–water partition coefficient (Wildman–Crippen LogP) is 8.34. The van der Waals surface area contributed by atoms with Gasteiger partial charge in [-0.25, -0.2) is 0 Å². The van der Waals surface area contributed by atoms with E-state index in [0.29, 0.717) is 5.02 Å². The van der Waals surface area contributed by atoms with E-state index in [1.807, 2.05) is 12.1 Å². The Balaban J connectivity index is 1.48. The number of likely N-dealkylation sites (tertiary alicyclic amines) is 1. The fourth-order valence-corrected chi connectivity index (χ4v) is 5.93. The smallest absolute Gasteiger partial charge is 0.0496 e. The summed E-state index contributed by atoms with van der Waals surface area (Å²) in [6.07, 6.45) is 8.72. The van der Waals surface area contributed by atoms with Gasteiger partial charge in [-0.3, -0.25) is 4.90 Å². The Bertz CT molecular complexity index is 1220. The zero-order chi connectivity index (χ0) is 23.5. The van der Waals surface area contributed by atoms with Crippen LogP contribution in [0.3, 0.4) is 0 Å². The fourth-order valence-electron chi connectivity index (χ4n) is 5.41. The molecule has 0 aromatic heterocycles. The van der Waals surface area contributed by atoms with E-state index in [-0.39, 0.29) is 0 Å². The molecule has 1 aliphatic heterocycles. The van der Waals surface area contributed by atoms with Gasteiger partial charge in [-0.1, -0.05) is 90.0 Å². The SMILES string of the molecule is C/C=C/CN1CC(Cc2ccc(C3=C(c4ccc(Cl)cc4Cl)CCCc4ccccc43)cc2)C1. The van der Waals surface area contributed by atoms with Gasteiger partial charge in [0, 0.05) is 29.7 Å². The summed E-state index contributed by atoms with van der Waals surface area (Å²) in [5, 5.41) is 1.40. The second-order valence-corrected chi connectivity index (χ2v) is 10.4. The summed E-state index contributed by atoms with van der Waals surface area (Å²) < 4.78 is 0. The molecule has 1 aliphatic carbocycles. The van der Waals surface area contributed by atoms with Crippen LogP contribution >= 0.6 is 23.2 Å². The van der Waals surface area contributed by atoms with Crippen LogP contribution in [0.25, 0.3) is 11.1 Å². The van der Waals surface area contributed by atoms with Gasteiger partial charge in [-0.2, -0.15) is 0 Å². The van der Waals surface area contributed by atoms with Gasteiger partial charge in [0.25, 0.3) is 0 Å². The largest absolute Gasteiger partial charge is 0.299 e. The van der Waals surface area contributed by atoms with Gasteiger partial charge in [0.2, 0.25) is 0 Å². The van der Waals surface area contributed by atoms with Gasteiger partial charge in [-0.05, 0) is 89.6 Å². The highest BCUT2D eigenvalue weighted by atomic mass is 35.5. The van der Waals surface area contributed by atoms with Crippen LogP contribution in [0.15, 0.2) is 78.9 Å². The van der Waals surface area contributed by atoms with E-state index < -0.39 is 0 Å². The third kappa shape index (κ3) is 5.03. The molecule has 0 saturated carbocycles. The van der Waals surface area contributed by atoms with Crippen molar-refractivity contribution in [3.63, 3.8) is 0 Å². The van der Waals surface area contributed by atoms with Crippen molar-refractivity contribution in [3.05, 3.63) is 117 Å². The normalized spacial score (nSPS) is 17.0. The van der Waals surface area contributed by atoms with Gasteiger partial charge in [0.05, 0.1) is 0 Å². The summed E-state index contributed by atoms with van der Waals surface area (Å²) >= 11 is 12.9. The molecule has 34 heavy (non-hydrogen) atoms. The van der Waals surface area contributed by atoms with Crippen molar-refractivity contribution in [1.29, 1.82) is 0 Å².